The summed E-state index contributed by atoms with van der Waals surface area (Å²) in [5, 5.41) is 6.49. The number of aromatic nitrogens is 1. The molecule has 1 aromatic heterocycles. The van der Waals surface area contributed by atoms with E-state index >= 15 is 0 Å². The van der Waals surface area contributed by atoms with Gasteiger partial charge in [0.05, 0.1) is 17.8 Å². The van der Waals surface area contributed by atoms with E-state index < -0.39 is 0 Å². The van der Waals surface area contributed by atoms with Gasteiger partial charge in [0.25, 0.3) is 0 Å². The van der Waals surface area contributed by atoms with Crippen LogP contribution in [0.4, 0.5) is 5.82 Å². The number of aliphatic imine (C=N–C) groups is 1. The minimum absolute atomic E-state index is 0. The van der Waals surface area contributed by atoms with Crippen molar-refractivity contribution in [3.05, 3.63) is 23.9 Å². The van der Waals surface area contributed by atoms with Gasteiger partial charge < -0.3 is 20.3 Å². The molecule has 0 atom stereocenters. The molecule has 0 bridgehead atoms. The fourth-order valence-corrected chi connectivity index (χ4v) is 1.58. The molecule has 0 radical (unpaired) electrons. The lowest BCUT2D eigenvalue weighted by Gasteiger charge is -2.24. The summed E-state index contributed by atoms with van der Waals surface area (Å²) in [5.74, 6) is 1.68. The monoisotopic (exact) mass is 421 g/mol. The number of hydrogen-bond acceptors (Lipinski definition) is 4. The smallest absolute Gasteiger partial charge is 0.191 e. The number of methoxy groups -OCH3 is 1. The third-order valence-corrected chi connectivity index (χ3v) is 3.14. The molecule has 0 saturated heterocycles. The molecule has 1 heterocycles. The first kappa shape index (κ1) is 20.9. The second kappa shape index (κ2) is 9.83. The molecular weight excluding hydrogens is 393 g/mol. The number of rotatable bonds is 6. The highest BCUT2D eigenvalue weighted by Crippen LogP contribution is 2.07. The minimum Gasteiger partial charge on any atom is -0.377 e. The molecule has 0 aliphatic carbocycles. The van der Waals surface area contributed by atoms with Gasteiger partial charge in [0, 0.05) is 34.8 Å². The Bertz CT molecular complexity index is 477. The molecule has 1 rings (SSSR count). The van der Waals surface area contributed by atoms with E-state index in [9.17, 15) is 0 Å². The Morgan fingerprint density at radius 2 is 2.00 bits per heavy atom. The van der Waals surface area contributed by atoms with Crippen LogP contribution in [0.3, 0.4) is 0 Å². The van der Waals surface area contributed by atoms with E-state index in [1.807, 2.05) is 51.0 Å². The molecule has 0 aromatic carbocycles. The maximum absolute atomic E-state index is 5.37. The molecule has 2 N–H and O–H groups in total. The van der Waals surface area contributed by atoms with Crippen LogP contribution in [-0.4, -0.2) is 51.3 Å². The third kappa shape index (κ3) is 7.26. The van der Waals surface area contributed by atoms with Crippen molar-refractivity contribution in [3.8, 4) is 0 Å². The number of nitrogens with one attached hydrogen (secondary N) is 2. The Kier molecular flexibility index (Phi) is 9.34. The summed E-state index contributed by atoms with van der Waals surface area (Å²) in [5.41, 5.74) is 0.732. The van der Waals surface area contributed by atoms with E-state index in [4.69, 9.17) is 4.74 Å². The van der Waals surface area contributed by atoms with Crippen molar-refractivity contribution in [1.82, 2.24) is 15.6 Å². The predicted molar refractivity (Wildman–Crippen MR) is 103 cm³/mol. The van der Waals surface area contributed by atoms with Crippen molar-refractivity contribution >= 4 is 35.8 Å². The molecule has 0 spiro atoms. The average molecular weight is 421 g/mol. The van der Waals surface area contributed by atoms with Gasteiger partial charge in [-0.3, -0.25) is 4.99 Å². The van der Waals surface area contributed by atoms with Crippen molar-refractivity contribution in [2.45, 2.75) is 26.0 Å². The summed E-state index contributed by atoms with van der Waals surface area (Å²) in [6, 6.07) is 5.98. The molecule has 1 aromatic rings. The zero-order chi connectivity index (χ0) is 15.9. The van der Waals surface area contributed by atoms with Gasteiger partial charge in [0.2, 0.25) is 0 Å². The Morgan fingerprint density at radius 1 is 1.32 bits per heavy atom. The number of pyridine rings is 1. The third-order valence-electron chi connectivity index (χ3n) is 3.14. The van der Waals surface area contributed by atoms with E-state index in [1.54, 1.807) is 14.2 Å². The maximum atomic E-state index is 5.37. The molecule has 6 nitrogen and oxygen atoms in total. The van der Waals surface area contributed by atoms with Crippen molar-refractivity contribution in [2.24, 2.45) is 4.99 Å². The van der Waals surface area contributed by atoms with Crippen LogP contribution in [0.5, 0.6) is 0 Å². The Hall–Kier alpha value is -1.09. The van der Waals surface area contributed by atoms with Crippen molar-refractivity contribution in [2.75, 3.05) is 39.7 Å². The van der Waals surface area contributed by atoms with Gasteiger partial charge in [-0.15, -0.1) is 24.0 Å². The molecule has 0 amide bonds. The standard InChI is InChI=1S/C15H27N5O.HI/c1-15(2,21-6)11-18-14(16-3)17-10-12-8-7-9-13(19-12)20(4)5;/h7-9H,10-11H2,1-6H3,(H2,16,17,18);1H. The normalized spacial score (nSPS) is 11.6. The summed E-state index contributed by atoms with van der Waals surface area (Å²) in [6.07, 6.45) is 0. The summed E-state index contributed by atoms with van der Waals surface area (Å²) in [7, 11) is 7.41. The van der Waals surface area contributed by atoms with Crippen LogP contribution in [0.2, 0.25) is 0 Å². The van der Waals surface area contributed by atoms with Gasteiger partial charge in [0.1, 0.15) is 5.82 Å². The fourth-order valence-electron chi connectivity index (χ4n) is 1.58. The molecule has 0 aliphatic rings. The first-order valence-electron chi connectivity index (χ1n) is 7.01. The van der Waals surface area contributed by atoms with Crippen LogP contribution in [-0.2, 0) is 11.3 Å². The number of ether oxygens (including phenoxy) is 1. The molecule has 0 saturated carbocycles. The van der Waals surface area contributed by atoms with Crippen LogP contribution in [0.15, 0.2) is 23.2 Å². The Morgan fingerprint density at radius 3 is 2.55 bits per heavy atom. The molecule has 126 valence electrons. The summed E-state index contributed by atoms with van der Waals surface area (Å²) in [4.78, 5) is 10.7. The van der Waals surface area contributed by atoms with Crippen molar-refractivity contribution in [1.29, 1.82) is 0 Å². The molecule has 0 unspecified atom stereocenters. The number of hydrogen-bond donors (Lipinski definition) is 2. The highest BCUT2D eigenvalue weighted by molar-refractivity contribution is 14.0. The van der Waals surface area contributed by atoms with E-state index in [0.29, 0.717) is 13.1 Å². The predicted octanol–water partition coefficient (Wildman–Crippen LogP) is 1.86. The van der Waals surface area contributed by atoms with Gasteiger partial charge in [-0.1, -0.05) is 6.07 Å². The lowest BCUT2D eigenvalue weighted by molar-refractivity contribution is 0.0268. The number of nitrogens with zero attached hydrogens (tertiary/aromatic N) is 3. The van der Waals surface area contributed by atoms with Crippen molar-refractivity contribution in [3.63, 3.8) is 0 Å². The SMILES string of the molecule is CN=C(NCc1cccc(N(C)C)n1)NCC(C)(C)OC.I. The van der Waals surface area contributed by atoms with Crippen LogP contribution >= 0.6 is 24.0 Å². The summed E-state index contributed by atoms with van der Waals surface area (Å²) >= 11 is 0. The zero-order valence-corrected chi connectivity index (χ0v) is 16.6. The first-order chi connectivity index (χ1) is 9.88. The maximum Gasteiger partial charge on any atom is 0.191 e. The van der Waals surface area contributed by atoms with Gasteiger partial charge >= 0.3 is 0 Å². The number of guanidine groups is 1. The quantitative estimate of drug-likeness (QED) is 0.417. The van der Waals surface area contributed by atoms with E-state index in [-0.39, 0.29) is 29.6 Å². The van der Waals surface area contributed by atoms with Gasteiger partial charge in [-0.05, 0) is 26.0 Å². The van der Waals surface area contributed by atoms with Crippen LogP contribution in [0.25, 0.3) is 0 Å². The molecule has 0 aliphatic heterocycles. The summed E-state index contributed by atoms with van der Waals surface area (Å²) in [6.45, 7) is 5.34. The van der Waals surface area contributed by atoms with Gasteiger partial charge in [-0.25, -0.2) is 4.98 Å². The lowest BCUT2D eigenvalue weighted by atomic mass is 10.1. The average Bonchev–Trinajstić information content (AvgIpc) is 2.47. The topological polar surface area (TPSA) is 61.8 Å². The minimum atomic E-state index is -0.235. The summed E-state index contributed by atoms with van der Waals surface area (Å²) < 4.78 is 5.37. The Labute approximate surface area is 150 Å². The molecule has 0 fully saturated rings. The highest BCUT2D eigenvalue weighted by Gasteiger charge is 2.16. The first-order valence-corrected chi connectivity index (χ1v) is 7.01. The van der Waals surface area contributed by atoms with E-state index in [0.717, 1.165) is 17.5 Å². The van der Waals surface area contributed by atoms with E-state index in [2.05, 4.69) is 20.6 Å². The fraction of sp³-hybridized carbons (Fsp3) is 0.600. The molecular formula is C15H28IN5O. The molecule has 22 heavy (non-hydrogen) atoms. The van der Waals surface area contributed by atoms with Crippen LogP contribution < -0.4 is 15.5 Å². The van der Waals surface area contributed by atoms with Crippen LogP contribution in [0.1, 0.15) is 19.5 Å². The second-order valence-corrected chi connectivity index (χ2v) is 5.62. The van der Waals surface area contributed by atoms with Gasteiger partial charge in [-0.2, -0.15) is 0 Å². The number of halogens is 1. The van der Waals surface area contributed by atoms with E-state index in [1.165, 1.54) is 0 Å². The zero-order valence-electron chi connectivity index (χ0n) is 14.3. The van der Waals surface area contributed by atoms with Crippen LogP contribution in [0, 0.1) is 0 Å². The van der Waals surface area contributed by atoms with Gasteiger partial charge in [0.15, 0.2) is 5.96 Å². The second-order valence-electron chi connectivity index (χ2n) is 5.62. The molecule has 7 heteroatoms. The number of anilines is 1. The lowest BCUT2D eigenvalue weighted by Crippen LogP contribution is -2.45. The largest absolute Gasteiger partial charge is 0.377 e. The highest BCUT2D eigenvalue weighted by atomic mass is 127. The van der Waals surface area contributed by atoms with Crippen molar-refractivity contribution < 1.29 is 4.74 Å². The Balaban J connectivity index is 0.00000441.